The third kappa shape index (κ3) is 5.63. The van der Waals surface area contributed by atoms with Gasteiger partial charge in [-0.05, 0) is 41.7 Å². The van der Waals surface area contributed by atoms with Gasteiger partial charge in [0.15, 0.2) is 0 Å². The summed E-state index contributed by atoms with van der Waals surface area (Å²) in [6.45, 7) is 3.17. The Bertz CT molecular complexity index is 895. The molecule has 0 unspecified atom stereocenters. The molecule has 7 heteroatoms. The lowest BCUT2D eigenvalue weighted by atomic mass is 10.00. The van der Waals surface area contributed by atoms with Gasteiger partial charge in [-0.3, -0.25) is 9.69 Å². The Labute approximate surface area is 160 Å². The Morgan fingerprint density at radius 3 is 2.48 bits per heavy atom. The van der Waals surface area contributed by atoms with Crippen molar-refractivity contribution in [1.82, 2.24) is 10.2 Å². The van der Waals surface area contributed by atoms with Gasteiger partial charge in [0.25, 0.3) is 0 Å². The number of sulfonamides is 1. The van der Waals surface area contributed by atoms with E-state index in [2.05, 4.69) is 34.5 Å². The van der Waals surface area contributed by atoms with Crippen molar-refractivity contribution in [2.45, 2.75) is 30.7 Å². The fourth-order valence-electron chi connectivity index (χ4n) is 3.29. The molecule has 144 valence electrons. The van der Waals surface area contributed by atoms with Crippen LogP contribution in [0.4, 0.5) is 0 Å². The van der Waals surface area contributed by atoms with Gasteiger partial charge in [-0.25, -0.2) is 13.6 Å². The van der Waals surface area contributed by atoms with E-state index in [1.54, 1.807) is 12.1 Å². The number of amides is 1. The van der Waals surface area contributed by atoms with Crippen molar-refractivity contribution in [1.29, 1.82) is 0 Å². The fraction of sp³-hybridized carbons (Fsp3) is 0.350. The molecule has 0 atom stereocenters. The molecule has 0 radical (unpaired) electrons. The van der Waals surface area contributed by atoms with Crippen LogP contribution in [0.25, 0.3) is 0 Å². The highest BCUT2D eigenvalue weighted by Crippen LogP contribution is 2.18. The topological polar surface area (TPSA) is 92.5 Å². The molecular weight excluding hydrogens is 362 g/mol. The van der Waals surface area contributed by atoms with Crippen LogP contribution in [0.2, 0.25) is 0 Å². The van der Waals surface area contributed by atoms with Crippen LogP contribution in [0.1, 0.15) is 23.1 Å². The van der Waals surface area contributed by atoms with E-state index in [4.69, 9.17) is 5.14 Å². The van der Waals surface area contributed by atoms with Gasteiger partial charge in [-0.1, -0.05) is 36.4 Å². The molecule has 0 aromatic heterocycles. The van der Waals surface area contributed by atoms with Crippen molar-refractivity contribution >= 4 is 15.9 Å². The number of rotatable bonds is 7. The quantitative estimate of drug-likeness (QED) is 0.752. The first-order chi connectivity index (χ1) is 12.9. The summed E-state index contributed by atoms with van der Waals surface area (Å²) in [4.78, 5) is 14.5. The van der Waals surface area contributed by atoms with E-state index in [9.17, 15) is 13.2 Å². The SMILES string of the molecule is NS(=O)(=O)c1ccc(CCNC(=O)CCN2CCc3ccccc3C2)cc1. The molecule has 0 saturated heterocycles. The molecule has 0 aliphatic carbocycles. The highest BCUT2D eigenvalue weighted by atomic mass is 32.2. The molecule has 0 spiro atoms. The Kier molecular flexibility index (Phi) is 6.26. The first-order valence-electron chi connectivity index (χ1n) is 9.09. The van der Waals surface area contributed by atoms with E-state index in [0.29, 0.717) is 19.4 Å². The van der Waals surface area contributed by atoms with E-state index < -0.39 is 10.0 Å². The average molecular weight is 388 g/mol. The second kappa shape index (κ2) is 8.65. The Morgan fingerprint density at radius 2 is 1.78 bits per heavy atom. The molecule has 27 heavy (non-hydrogen) atoms. The number of primary sulfonamides is 1. The molecule has 1 heterocycles. The average Bonchev–Trinajstić information content (AvgIpc) is 2.66. The zero-order valence-electron chi connectivity index (χ0n) is 15.2. The third-order valence-electron chi connectivity index (χ3n) is 4.85. The van der Waals surface area contributed by atoms with E-state index in [0.717, 1.165) is 31.6 Å². The maximum absolute atomic E-state index is 12.1. The first kappa shape index (κ1) is 19.5. The molecule has 3 rings (SSSR count). The van der Waals surface area contributed by atoms with E-state index in [1.165, 1.54) is 23.3 Å². The summed E-state index contributed by atoms with van der Waals surface area (Å²) in [5, 5.41) is 8.01. The number of nitrogens with zero attached hydrogens (tertiary/aromatic N) is 1. The largest absolute Gasteiger partial charge is 0.356 e. The number of benzene rings is 2. The van der Waals surface area contributed by atoms with Gasteiger partial charge in [0.05, 0.1) is 4.90 Å². The van der Waals surface area contributed by atoms with Crippen LogP contribution in [0.15, 0.2) is 53.4 Å². The van der Waals surface area contributed by atoms with Gasteiger partial charge >= 0.3 is 0 Å². The van der Waals surface area contributed by atoms with Crippen molar-refractivity contribution in [3.8, 4) is 0 Å². The third-order valence-corrected chi connectivity index (χ3v) is 5.78. The number of carbonyl (C=O) groups is 1. The molecule has 1 aliphatic rings. The number of nitrogens with two attached hydrogens (primary N) is 1. The van der Waals surface area contributed by atoms with Gasteiger partial charge in [-0.15, -0.1) is 0 Å². The molecule has 0 fully saturated rings. The molecular formula is C20H25N3O3S. The van der Waals surface area contributed by atoms with Crippen LogP contribution in [0, 0.1) is 0 Å². The number of hydrogen-bond acceptors (Lipinski definition) is 4. The van der Waals surface area contributed by atoms with E-state index in [1.807, 2.05) is 0 Å². The maximum Gasteiger partial charge on any atom is 0.238 e. The van der Waals surface area contributed by atoms with Gasteiger partial charge in [0.2, 0.25) is 15.9 Å². The normalized spacial score (nSPS) is 14.6. The predicted molar refractivity (Wildman–Crippen MR) is 105 cm³/mol. The zero-order chi connectivity index (χ0) is 19.3. The van der Waals surface area contributed by atoms with Crippen LogP contribution < -0.4 is 10.5 Å². The van der Waals surface area contributed by atoms with Crippen molar-refractivity contribution in [2.24, 2.45) is 5.14 Å². The molecule has 1 amide bonds. The summed E-state index contributed by atoms with van der Waals surface area (Å²) in [7, 11) is -3.66. The molecule has 0 bridgehead atoms. The second-order valence-electron chi connectivity index (χ2n) is 6.83. The monoisotopic (exact) mass is 387 g/mol. The highest BCUT2D eigenvalue weighted by molar-refractivity contribution is 7.89. The summed E-state index contributed by atoms with van der Waals surface area (Å²) in [6.07, 6.45) is 2.16. The van der Waals surface area contributed by atoms with Crippen LogP contribution in [0.5, 0.6) is 0 Å². The Hall–Kier alpha value is -2.22. The molecule has 2 aromatic rings. The standard InChI is InChI=1S/C20H25N3O3S/c21-27(25,26)19-7-5-16(6-8-19)9-12-22-20(24)11-14-23-13-10-17-3-1-2-4-18(17)15-23/h1-8H,9-15H2,(H,22,24)(H2,21,25,26). The van der Waals surface area contributed by atoms with E-state index >= 15 is 0 Å². The van der Waals surface area contributed by atoms with Crippen LogP contribution in [0.3, 0.4) is 0 Å². The smallest absolute Gasteiger partial charge is 0.238 e. The summed E-state index contributed by atoms with van der Waals surface area (Å²) >= 11 is 0. The molecule has 6 nitrogen and oxygen atoms in total. The summed E-state index contributed by atoms with van der Waals surface area (Å²) in [5.74, 6) is 0.0371. The minimum Gasteiger partial charge on any atom is -0.356 e. The number of nitrogens with one attached hydrogen (secondary N) is 1. The lowest BCUT2D eigenvalue weighted by Crippen LogP contribution is -2.35. The molecule has 1 aliphatic heterocycles. The lowest BCUT2D eigenvalue weighted by Gasteiger charge is -2.28. The lowest BCUT2D eigenvalue weighted by molar-refractivity contribution is -0.121. The van der Waals surface area contributed by atoms with Gasteiger partial charge in [-0.2, -0.15) is 0 Å². The molecule has 2 aromatic carbocycles. The number of hydrogen-bond donors (Lipinski definition) is 2. The number of carbonyl (C=O) groups excluding carboxylic acids is 1. The van der Waals surface area contributed by atoms with Gasteiger partial charge in [0.1, 0.15) is 0 Å². The molecule has 0 saturated carbocycles. The van der Waals surface area contributed by atoms with Crippen molar-refractivity contribution in [3.63, 3.8) is 0 Å². The predicted octanol–water partition coefficient (Wildman–Crippen LogP) is 1.44. The first-order valence-corrected chi connectivity index (χ1v) is 10.6. The summed E-state index contributed by atoms with van der Waals surface area (Å²) < 4.78 is 22.5. The molecule has 3 N–H and O–H groups in total. The van der Waals surface area contributed by atoms with Crippen LogP contribution in [-0.4, -0.2) is 38.9 Å². The van der Waals surface area contributed by atoms with E-state index in [-0.39, 0.29) is 10.8 Å². The second-order valence-corrected chi connectivity index (χ2v) is 8.40. The number of fused-ring (bicyclic) bond motifs is 1. The Morgan fingerprint density at radius 1 is 1.07 bits per heavy atom. The minimum atomic E-state index is -3.66. The van der Waals surface area contributed by atoms with Gasteiger partial charge in [0, 0.05) is 32.6 Å². The summed E-state index contributed by atoms with van der Waals surface area (Å²) in [5.41, 5.74) is 3.72. The van der Waals surface area contributed by atoms with Crippen LogP contribution in [-0.2, 0) is 34.2 Å². The van der Waals surface area contributed by atoms with Crippen molar-refractivity contribution in [2.75, 3.05) is 19.6 Å². The zero-order valence-corrected chi connectivity index (χ0v) is 16.0. The van der Waals surface area contributed by atoms with Crippen molar-refractivity contribution < 1.29 is 13.2 Å². The minimum absolute atomic E-state index is 0.0371. The Balaban J connectivity index is 1.38. The van der Waals surface area contributed by atoms with Gasteiger partial charge < -0.3 is 5.32 Å². The highest BCUT2D eigenvalue weighted by Gasteiger charge is 2.16. The van der Waals surface area contributed by atoms with Crippen molar-refractivity contribution in [3.05, 3.63) is 65.2 Å². The van der Waals surface area contributed by atoms with Crippen LogP contribution >= 0.6 is 0 Å². The fourth-order valence-corrected chi connectivity index (χ4v) is 3.80. The maximum atomic E-state index is 12.1. The summed E-state index contributed by atoms with van der Waals surface area (Å²) in [6, 6.07) is 14.9.